The van der Waals surface area contributed by atoms with E-state index in [4.69, 9.17) is 0 Å². The lowest BCUT2D eigenvalue weighted by molar-refractivity contribution is -0.119. The molecule has 3 amide bonds. The second-order valence-electron chi connectivity index (χ2n) is 4.01. The van der Waals surface area contributed by atoms with E-state index in [1.54, 1.807) is 18.5 Å². The van der Waals surface area contributed by atoms with E-state index < -0.39 is 17.2 Å². The molecule has 21 heavy (non-hydrogen) atoms. The molecule has 2 aromatic rings. The molecule has 108 valence electrons. The summed E-state index contributed by atoms with van der Waals surface area (Å²) in [5.74, 6) is -0.419. The molecule has 0 fully saturated rings. The first-order valence-corrected chi connectivity index (χ1v) is 7.10. The minimum atomic E-state index is -0.606. The molecule has 1 aromatic heterocycles. The Hall–Kier alpha value is -2.41. The number of benzene rings is 1. The van der Waals surface area contributed by atoms with Gasteiger partial charge in [-0.3, -0.25) is 10.1 Å². The Morgan fingerprint density at radius 1 is 1.10 bits per heavy atom. The van der Waals surface area contributed by atoms with Crippen LogP contribution < -0.4 is 10.6 Å². The molecule has 1 atom stereocenters. The number of carbonyl (C=O) groups is 2. The van der Waals surface area contributed by atoms with Gasteiger partial charge in [0.1, 0.15) is 5.25 Å². The van der Waals surface area contributed by atoms with E-state index in [1.807, 2.05) is 30.3 Å². The molecule has 0 radical (unpaired) electrons. The Bertz CT molecular complexity index is 607. The maximum atomic E-state index is 12.3. The minimum Gasteiger partial charge on any atom is -0.341 e. The Morgan fingerprint density at radius 3 is 2.38 bits per heavy atom. The molecule has 0 aliphatic carbocycles. The summed E-state index contributed by atoms with van der Waals surface area (Å²) in [4.78, 5) is 31.8. The quantitative estimate of drug-likeness (QED) is 0.664. The van der Waals surface area contributed by atoms with Crippen molar-refractivity contribution in [2.24, 2.45) is 0 Å². The first kappa shape index (κ1) is 15.0. The number of urea groups is 1. The van der Waals surface area contributed by atoms with Gasteiger partial charge in [0, 0.05) is 19.4 Å². The summed E-state index contributed by atoms with van der Waals surface area (Å²) in [5, 5.41) is 4.50. The van der Waals surface area contributed by atoms with Crippen LogP contribution in [0.25, 0.3) is 0 Å². The number of nitrogens with one attached hydrogen (secondary N) is 2. The predicted octanol–water partition coefficient (Wildman–Crippen LogP) is 1.77. The van der Waals surface area contributed by atoms with Crippen LogP contribution in [-0.4, -0.2) is 29.0 Å². The van der Waals surface area contributed by atoms with E-state index in [2.05, 4.69) is 20.6 Å². The molecule has 1 heterocycles. The standard InChI is InChI=1S/C14H14N4O2S/c1-15-13(20)18-12(19)11(10-6-3-2-4-7-10)21-14-16-8-5-9-17-14/h2-9,11H,1H3,(H2,15,18,19,20)/t11-/m0/s1. The van der Waals surface area contributed by atoms with Crippen molar-refractivity contribution < 1.29 is 9.59 Å². The molecule has 0 saturated carbocycles. The molecule has 2 N–H and O–H groups in total. The number of thioether (sulfide) groups is 1. The fraction of sp³-hybridized carbons (Fsp3) is 0.143. The molecule has 6 nitrogen and oxygen atoms in total. The van der Waals surface area contributed by atoms with E-state index in [0.717, 1.165) is 5.56 Å². The second-order valence-corrected chi connectivity index (χ2v) is 5.08. The fourth-order valence-electron chi connectivity index (χ4n) is 1.59. The molecule has 7 heteroatoms. The molecule has 0 saturated heterocycles. The predicted molar refractivity (Wildman–Crippen MR) is 79.7 cm³/mol. The average molecular weight is 302 g/mol. The number of aromatic nitrogens is 2. The summed E-state index contributed by atoms with van der Waals surface area (Å²) in [7, 11) is 1.45. The van der Waals surface area contributed by atoms with Gasteiger partial charge >= 0.3 is 6.03 Å². The lowest BCUT2D eigenvalue weighted by atomic mass is 10.1. The Kier molecular flexibility index (Phi) is 5.28. The van der Waals surface area contributed by atoms with E-state index in [1.165, 1.54) is 18.8 Å². The van der Waals surface area contributed by atoms with E-state index in [0.29, 0.717) is 5.16 Å². The summed E-state index contributed by atoms with van der Waals surface area (Å²) >= 11 is 1.19. The van der Waals surface area contributed by atoms with Gasteiger partial charge in [0.05, 0.1) is 0 Å². The van der Waals surface area contributed by atoms with Crippen molar-refractivity contribution >= 4 is 23.7 Å². The van der Waals surface area contributed by atoms with Crippen LogP contribution in [0.3, 0.4) is 0 Å². The first-order valence-electron chi connectivity index (χ1n) is 6.22. The molecule has 0 aliphatic rings. The number of nitrogens with zero attached hydrogens (tertiary/aromatic N) is 2. The van der Waals surface area contributed by atoms with Crippen LogP contribution in [-0.2, 0) is 4.79 Å². The SMILES string of the molecule is CNC(=O)NC(=O)[C@@H](Sc1ncccn1)c1ccccc1. The molecule has 2 rings (SSSR count). The van der Waals surface area contributed by atoms with Crippen molar-refractivity contribution in [1.82, 2.24) is 20.6 Å². The number of imide groups is 1. The zero-order chi connectivity index (χ0) is 15.1. The van der Waals surface area contributed by atoms with Gasteiger partial charge in [-0.1, -0.05) is 42.1 Å². The highest BCUT2D eigenvalue weighted by atomic mass is 32.2. The van der Waals surface area contributed by atoms with Crippen molar-refractivity contribution in [2.45, 2.75) is 10.4 Å². The topological polar surface area (TPSA) is 84.0 Å². The van der Waals surface area contributed by atoms with Crippen LogP contribution in [0.4, 0.5) is 4.79 Å². The summed E-state index contributed by atoms with van der Waals surface area (Å²) < 4.78 is 0. The van der Waals surface area contributed by atoms with E-state index in [9.17, 15) is 9.59 Å². The zero-order valence-corrected chi connectivity index (χ0v) is 12.1. The van der Waals surface area contributed by atoms with Gasteiger partial charge < -0.3 is 5.32 Å². The highest BCUT2D eigenvalue weighted by molar-refractivity contribution is 8.00. The molecular formula is C14H14N4O2S. The second kappa shape index (κ2) is 7.39. The summed E-state index contributed by atoms with van der Waals surface area (Å²) in [6.45, 7) is 0. The third-order valence-electron chi connectivity index (χ3n) is 2.57. The largest absolute Gasteiger partial charge is 0.341 e. The third-order valence-corrected chi connectivity index (χ3v) is 3.71. The minimum absolute atomic E-state index is 0.419. The van der Waals surface area contributed by atoms with Gasteiger partial charge in [0.15, 0.2) is 5.16 Å². The number of hydrogen-bond donors (Lipinski definition) is 2. The van der Waals surface area contributed by atoms with Crippen LogP contribution >= 0.6 is 11.8 Å². The highest BCUT2D eigenvalue weighted by Gasteiger charge is 2.24. The zero-order valence-electron chi connectivity index (χ0n) is 11.3. The molecule has 0 unspecified atom stereocenters. The van der Waals surface area contributed by atoms with Gasteiger partial charge in [-0.25, -0.2) is 14.8 Å². The maximum absolute atomic E-state index is 12.3. The summed E-state index contributed by atoms with van der Waals surface area (Å²) in [5.41, 5.74) is 0.774. The summed E-state index contributed by atoms with van der Waals surface area (Å²) in [6.07, 6.45) is 3.21. The Labute approximate surface area is 126 Å². The number of hydrogen-bond acceptors (Lipinski definition) is 5. The molecule has 0 aliphatic heterocycles. The van der Waals surface area contributed by atoms with Crippen molar-refractivity contribution in [3.05, 3.63) is 54.4 Å². The van der Waals surface area contributed by atoms with Crippen molar-refractivity contribution in [1.29, 1.82) is 0 Å². The van der Waals surface area contributed by atoms with Crippen LogP contribution in [0.2, 0.25) is 0 Å². The van der Waals surface area contributed by atoms with Gasteiger partial charge in [-0.2, -0.15) is 0 Å². The monoisotopic (exact) mass is 302 g/mol. The number of amides is 3. The molecule has 1 aromatic carbocycles. The van der Waals surface area contributed by atoms with Crippen molar-refractivity contribution in [3.8, 4) is 0 Å². The fourth-order valence-corrected chi connectivity index (χ4v) is 2.51. The normalized spacial score (nSPS) is 11.5. The average Bonchev–Trinajstić information content (AvgIpc) is 2.54. The smallest absolute Gasteiger partial charge is 0.321 e. The highest BCUT2D eigenvalue weighted by Crippen LogP contribution is 2.33. The van der Waals surface area contributed by atoms with Crippen molar-refractivity contribution in [2.75, 3.05) is 7.05 Å². The lowest BCUT2D eigenvalue weighted by Crippen LogP contribution is -2.39. The molecule has 0 bridgehead atoms. The molecular weight excluding hydrogens is 288 g/mol. The van der Waals surface area contributed by atoms with Gasteiger partial charge in [-0.05, 0) is 11.6 Å². The Balaban J connectivity index is 2.22. The third kappa shape index (κ3) is 4.28. The van der Waals surface area contributed by atoms with Crippen LogP contribution in [0, 0.1) is 0 Å². The maximum Gasteiger partial charge on any atom is 0.321 e. The van der Waals surface area contributed by atoms with Gasteiger partial charge in [0.25, 0.3) is 0 Å². The molecule has 0 spiro atoms. The van der Waals surface area contributed by atoms with Crippen LogP contribution in [0.1, 0.15) is 10.8 Å². The van der Waals surface area contributed by atoms with Crippen LogP contribution in [0.15, 0.2) is 53.9 Å². The first-order chi connectivity index (χ1) is 10.2. The van der Waals surface area contributed by atoms with Crippen molar-refractivity contribution in [3.63, 3.8) is 0 Å². The van der Waals surface area contributed by atoms with Crippen LogP contribution in [0.5, 0.6) is 0 Å². The number of rotatable bonds is 4. The van der Waals surface area contributed by atoms with E-state index >= 15 is 0 Å². The lowest BCUT2D eigenvalue weighted by Gasteiger charge is -2.15. The van der Waals surface area contributed by atoms with Gasteiger partial charge in [0.2, 0.25) is 5.91 Å². The number of carbonyl (C=O) groups excluding carboxylic acids is 2. The van der Waals surface area contributed by atoms with E-state index in [-0.39, 0.29) is 0 Å². The van der Waals surface area contributed by atoms with Gasteiger partial charge in [-0.15, -0.1) is 0 Å². The summed E-state index contributed by atoms with van der Waals surface area (Å²) in [6, 6.07) is 10.3. The Morgan fingerprint density at radius 2 is 1.76 bits per heavy atom.